The first-order valence-corrected chi connectivity index (χ1v) is 9.84. The van der Waals surface area contributed by atoms with Gasteiger partial charge < -0.3 is 5.32 Å². The Kier molecular flexibility index (Phi) is 4.17. The van der Waals surface area contributed by atoms with E-state index in [2.05, 4.69) is 44.6 Å². The highest BCUT2D eigenvalue weighted by Crippen LogP contribution is 2.33. The minimum atomic E-state index is 0.944. The Morgan fingerprint density at radius 2 is 1.89 bits per heavy atom. The maximum atomic E-state index is 4.66. The number of hydrogen-bond acceptors (Lipinski definition) is 4. The summed E-state index contributed by atoms with van der Waals surface area (Å²) >= 11 is 0. The fourth-order valence-corrected chi connectivity index (χ4v) is 3.88. The first-order valence-electron chi connectivity index (χ1n) is 9.84. The van der Waals surface area contributed by atoms with Crippen LogP contribution in [0.3, 0.4) is 0 Å². The van der Waals surface area contributed by atoms with Crippen LogP contribution in [0, 0.1) is 0 Å². The molecule has 3 heterocycles. The van der Waals surface area contributed by atoms with Crippen LogP contribution in [0.15, 0.2) is 54.1 Å². The second-order valence-electron chi connectivity index (χ2n) is 7.72. The van der Waals surface area contributed by atoms with Crippen molar-refractivity contribution in [3.8, 4) is 11.1 Å². The summed E-state index contributed by atoms with van der Waals surface area (Å²) in [6.45, 7) is 3.47. The lowest BCUT2D eigenvalue weighted by Gasteiger charge is -2.18. The monoisotopic (exact) mass is 359 g/mol. The van der Waals surface area contributed by atoms with Crippen molar-refractivity contribution < 1.29 is 0 Å². The molecule has 5 heteroatoms. The quantitative estimate of drug-likeness (QED) is 0.742. The second-order valence-corrected chi connectivity index (χ2v) is 7.72. The Bertz CT molecular complexity index is 1000. The van der Waals surface area contributed by atoms with Gasteiger partial charge in [0.2, 0.25) is 0 Å². The van der Waals surface area contributed by atoms with Gasteiger partial charge in [-0.05, 0) is 67.4 Å². The lowest BCUT2D eigenvalue weighted by molar-refractivity contribution is 0.369. The number of anilines is 1. The first-order chi connectivity index (χ1) is 13.2. The molecule has 0 unspecified atom stereocenters. The van der Waals surface area contributed by atoms with Gasteiger partial charge in [0.25, 0.3) is 0 Å². The largest absolute Gasteiger partial charge is 0.343 e. The zero-order valence-corrected chi connectivity index (χ0v) is 15.8. The molecule has 5 nitrogen and oxygen atoms in total. The molecule has 27 heavy (non-hydrogen) atoms. The van der Waals surface area contributed by atoms with Crippen LogP contribution in [-0.2, 0) is 7.05 Å². The van der Waals surface area contributed by atoms with Crippen molar-refractivity contribution >= 4 is 16.6 Å². The van der Waals surface area contributed by atoms with E-state index in [1.54, 1.807) is 5.57 Å². The highest BCUT2D eigenvalue weighted by Gasteiger charge is 2.21. The summed E-state index contributed by atoms with van der Waals surface area (Å²) in [4.78, 5) is 7.21. The lowest BCUT2D eigenvalue weighted by atomic mass is 10.1. The maximum absolute atomic E-state index is 4.66. The topological polar surface area (TPSA) is 46.0 Å². The Morgan fingerprint density at radius 3 is 2.63 bits per heavy atom. The van der Waals surface area contributed by atoms with E-state index in [-0.39, 0.29) is 0 Å². The molecule has 1 aromatic carbocycles. The molecule has 5 rings (SSSR count). The van der Waals surface area contributed by atoms with E-state index in [0.717, 1.165) is 23.3 Å². The minimum Gasteiger partial charge on any atom is -0.343 e. The molecule has 0 radical (unpaired) electrons. The van der Waals surface area contributed by atoms with Crippen LogP contribution in [0.1, 0.15) is 25.7 Å². The molecule has 0 bridgehead atoms. The number of allylic oxidation sites excluding steroid dienone is 1. The van der Waals surface area contributed by atoms with Gasteiger partial charge in [0, 0.05) is 42.6 Å². The maximum Gasteiger partial charge on any atom is 0.130 e. The molecular weight excluding hydrogens is 334 g/mol. The van der Waals surface area contributed by atoms with Gasteiger partial charge >= 0.3 is 0 Å². The van der Waals surface area contributed by atoms with E-state index in [0.29, 0.717) is 0 Å². The third-order valence-electron chi connectivity index (χ3n) is 5.55. The molecule has 1 saturated carbocycles. The third kappa shape index (κ3) is 3.60. The second kappa shape index (κ2) is 6.82. The van der Waals surface area contributed by atoms with Crippen LogP contribution in [0.5, 0.6) is 0 Å². The minimum absolute atomic E-state index is 0.944. The molecule has 0 atom stereocenters. The van der Waals surface area contributed by atoms with Crippen molar-refractivity contribution in [2.75, 3.05) is 25.0 Å². The Balaban J connectivity index is 1.42. The van der Waals surface area contributed by atoms with Crippen LogP contribution in [-0.4, -0.2) is 39.3 Å². The Morgan fingerprint density at radius 1 is 1.04 bits per heavy atom. The van der Waals surface area contributed by atoms with E-state index in [1.807, 2.05) is 30.3 Å². The first kappa shape index (κ1) is 16.5. The predicted octanol–water partition coefficient (Wildman–Crippen LogP) is 4.19. The highest BCUT2D eigenvalue weighted by atomic mass is 15.2. The summed E-state index contributed by atoms with van der Waals surface area (Å²) in [5, 5.41) is 10.3. The predicted molar refractivity (Wildman–Crippen MR) is 110 cm³/mol. The van der Waals surface area contributed by atoms with Crippen molar-refractivity contribution in [3.63, 3.8) is 0 Å². The molecule has 2 aromatic heterocycles. The number of likely N-dealkylation sites (tertiary alicyclic amines) is 1. The molecule has 1 aliphatic carbocycles. The summed E-state index contributed by atoms with van der Waals surface area (Å²) in [7, 11) is 1.95. The van der Waals surface area contributed by atoms with Gasteiger partial charge in [0.1, 0.15) is 5.82 Å². The molecule has 2 fully saturated rings. The van der Waals surface area contributed by atoms with Crippen molar-refractivity contribution in [3.05, 3.63) is 54.1 Å². The molecule has 3 aromatic rings. The molecule has 138 valence electrons. The average molecular weight is 359 g/mol. The summed E-state index contributed by atoms with van der Waals surface area (Å²) < 4.78 is 1.84. The number of nitrogens with zero attached hydrogens (tertiary/aromatic N) is 4. The molecule has 0 spiro atoms. The van der Waals surface area contributed by atoms with E-state index < -0.39 is 0 Å². The van der Waals surface area contributed by atoms with Crippen LogP contribution in [0.2, 0.25) is 0 Å². The number of nitrogens with one attached hydrogen (secondary N) is 1. The molecule has 1 saturated heterocycles. The summed E-state index contributed by atoms with van der Waals surface area (Å²) in [6.07, 6.45) is 11.0. The Hall–Kier alpha value is -2.66. The van der Waals surface area contributed by atoms with Gasteiger partial charge in [-0.15, -0.1) is 0 Å². The molecule has 1 aliphatic heterocycles. The summed E-state index contributed by atoms with van der Waals surface area (Å²) in [5.41, 5.74) is 5.26. The number of pyridine rings is 1. The lowest BCUT2D eigenvalue weighted by Crippen LogP contribution is -2.25. The normalized spacial score (nSPS) is 16.9. The van der Waals surface area contributed by atoms with Crippen LogP contribution in [0.4, 0.5) is 5.82 Å². The zero-order chi connectivity index (χ0) is 18.2. The van der Waals surface area contributed by atoms with E-state index in [9.17, 15) is 0 Å². The van der Waals surface area contributed by atoms with Gasteiger partial charge in [0.05, 0.1) is 6.20 Å². The van der Waals surface area contributed by atoms with E-state index in [4.69, 9.17) is 0 Å². The highest BCUT2D eigenvalue weighted by molar-refractivity contribution is 5.88. The summed E-state index contributed by atoms with van der Waals surface area (Å²) in [5.74, 6) is 0.944. The molecule has 1 N–H and O–H groups in total. The molecule has 2 aliphatic rings. The van der Waals surface area contributed by atoms with E-state index in [1.165, 1.54) is 55.4 Å². The number of aryl methyl sites for hydroxylation is 1. The van der Waals surface area contributed by atoms with Gasteiger partial charge in [-0.25, -0.2) is 4.98 Å². The molecular formula is C22H25N5. The van der Waals surface area contributed by atoms with Crippen molar-refractivity contribution in [2.24, 2.45) is 7.05 Å². The smallest absolute Gasteiger partial charge is 0.130 e. The number of rotatable bonds is 5. The van der Waals surface area contributed by atoms with Crippen molar-refractivity contribution in [2.45, 2.75) is 25.7 Å². The van der Waals surface area contributed by atoms with Crippen molar-refractivity contribution in [1.29, 1.82) is 0 Å². The van der Waals surface area contributed by atoms with Gasteiger partial charge in [-0.1, -0.05) is 12.1 Å². The Labute approximate surface area is 159 Å². The summed E-state index contributed by atoms with van der Waals surface area (Å²) in [6, 6.07) is 8.67. The fourth-order valence-electron chi connectivity index (χ4n) is 3.88. The standard InChI is InChI=1S/C22H25N5/c1-26-14-20(13-24-26)17-6-7-18-12-23-22(11-19(18)10-17)25-21(16-4-5-16)15-27-8-2-3-9-27/h6-7,10-14H,2-5,8-9,15H2,1H3,(H,23,25). The van der Waals surface area contributed by atoms with E-state index >= 15 is 0 Å². The number of benzene rings is 1. The van der Waals surface area contributed by atoms with Crippen molar-refractivity contribution in [1.82, 2.24) is 19.7 Å². The van der Waals surface area contributed by atoms with Crippen LogP contribution < -0.4 is 5.32 Å². The SMILES string of the molecule is Cn1cc(-c2ccc3cnc(NC(CN4CCCC4)=C4CC4)cc3c2)cn1. The average Bonchev–Trinajstić information content (AvgIpc) is 3.23. The number of hydrogen-bond donors (Lipinski definition) is 1. The number of aromatic nitrogens is 3. The fraction of sp³-hybridized carbons (Fsp3) is 0.364. The van der Waals surface area contributed by atoms with Crippen LogP contribution in [0.25, 0.3) is 21.9 Å². The van der Waals surface area contributed by atoms with Crippen LogP contribution >= 0.6 is 0 Å². The molecule has 0 amide bonds. The third-order valence-corrected chi connectivity index (χ3v) is 5.55. The zero-order valence-electron chi connectivity index (χ0n) is 15.8. The van der Waals surface area contributed by atoms with Gasteiger partial charge in [0.15, 0.2) is 0 Å². The van der Waals surface area contributed by atoms with Gasteiger partial charge in [-0.3, -0.25) is 9.58 Å². The number of fused-ring (bicyclic) bond motifs is 1. The van der Waals surface area contributed by atoms with Gasteiger partial charge in [-0.2, -0.15) is 5.10 Å².